The number of aryl methyl sites for hydroxylation is 2. The maximum Gasteiger partial charge on any atom is 0.383 e. The summed E-state index contributed by atoms with van der Waals surface area (Å²) < 4.78 is 65.5. The van der Waals surface area contributed by atoms with E-state index in [1.54, 1.807) is 59.6 Å². The van der Waals surface area contributed by atoms with Crippen molar-refractivity contribution in [2.75, 3.05) is 0 Å². The van der Waals surface area contributed by atoms with E-state index in [1.807, 2.05) is 127 Å². The second kappa shape index (κ2) is 22.3. The summed E-state index contributed by atoms with van der Waals surface area (Å²) in [6.45, 7) is 1.62. The molecule has 0 atom stereocenters. The van der Waals surface area contributed by atoms with E-state index in [-0.39, 0.29) is 0 Å². The molecule has 21 nitrogen and oxygen atoms in total. The van der Waals surface area contributed by atoms with Crippen LogP contribution in [0.4, 0.5) is 0 Å². The zero-order valence-electron chi connectivity index (χ0n) is 57.3. The van der Waals surface area contributed by atoms with Gasteiger partial charge in [-0.25, -0.2) is 19.9 Å². The third-order valence-corrected chi connectivity index (χ3v) is 23.3. The molecule has 103 heavy (non-hydrogen) atoms. The normalized spacial score (nSPS) is 13.5. The van der Waals surface area contributed by atoms with E-state index in [4.69, 9.17) is 21.8 Å². The Labute approximate surface area is 597 Å². The van der Waals surface area contributed by atoms with Gasteiger partial charge in [0.25, 0.3) is 58.8 Å². The summed E-state index contributed by atoms with van der Waals surface area (Å²) in [6, 6.07) is 44.8. The Morgan fingerprint density at radius 3 is 1.46 bits per heavy atom. The summed E-state index contributed by atoms with van der Waals surface area (Å²) in [5.41, 5.74) is 26.9. The number of pyridine rings is 9. The molecule has 0 spiro atoms. The minimum atomic E-state index is -2.34. The molecule has 5 aliphatic heterocycles. The predicted octanol–water partition coefficient (Wildman–Crippen LogP) is 14.1. The summed E-state index contributed by atoms with van der Waals surface area (Å²) in [6.07, 6.45) is 25.7. The molecule has 19 aromatic heterocycles. The minimum Gasteiger partial charge on any atom is -0.437 e. The van der Waals surface area contributed by atoms with Gasteiger partial charge in [-0.05, 0) is 126 Å². The Morgan fingerprint density at radius 2 is 0.835 bits per heavy atom. The van der Waals surface area contributed by atoms with Gasteiger partial charge in [-0.3, -0.25) is 29.5 Å². The summed E-state index contributed by atoms with van der Waals surface area (Å²) >= 11 is 5.21. The lowest BCUT2D eigenvalue weighted by molar-refractivity contribution is -0.648. The third-order valence-electron chi connectivity index (χ3n) is 20.0. The van der Waals surface area contributed by atoms with Crippen LogP contribution in [0.5, 0.6) is 0 Å². The quantitative estimate of drug-likeness (QED) is 0.141. The van der Waals surface area contributed by atoms with Crippen LogP contribution in [-0.2, 0) is 46.7 Å². The van der Waals surface area contributed by atoms with Gasteiger partial charge in [-0.2, -0.15) is 9.13 Å². The molecule has 2 aromatic carbocycles. The lowest BCUT2D eigenvalue weighted by atomic mass is 10.2. The fourth-order valence-corrected chi connectivity index (χ4v) is 19.0. The first-order chi connectivity index (χ1) is 52.1. The van der Waals surface area contributed by atoms with Gasteiger partial charge in [-0.1, -0.05) is 41.7 Å². The number of hydrogen-bond donors (Lipinski definition) is 0. The molecule has 0 fully saturated rings. The average Bonchev–Trinajstić information content (AvgIpc) is 1.57. The molecule has 21 aromatic rings. The second-order valence-electron chi connectivity index (χ2n) is 25.6. The molecule has 0 radical (unpaired) electrons. The van der Waals surface area contributed by atoms with E-state index in [9.17, 15) is 0 Å². The van der Waals surface area contributed by atoms with Crippen molar-refractivity contribution in [1.82, 2.24) is 58.6 Å². The fourth-order valence-electron chi connectivity index (χ4n) is 15.4. The molecule has 0 aliphatic carbocycles. The number of nitrogens with zero attached hydrogens (tertiary/aromatic N) is 17. The lowest BCUT2D eigenvalue weighted by Crippen LogP contribution is -2.30. The third kappa shape index (κ3) is 8.55. The zero-order valence-corrected chi connectivity index (χ0v) is 56.7. The molecule has 0 N–H and O–H groups in total. The summed E-state index contributed by atoms with van der Waals surface area (Å²) in [5, 5.41) is 3.88. The second-order valence-corrected chi connectivity index (χ2v) is 28.5. The average molecular weight is 1400 g/mol. The van der Waals surface area contributed by atoms with Crippen LogP contribution in [0, 0.1) is 0 Å². The molecule has 24 heterocycles. The van der Waals surface area contributed by atoms with E-state index in [0.29, 0.717) is 34.7 Å². The van der Waals surface area contributed by atoms with Gasteiger partial charge in [0.1, 0.15) is 0 Å². The molecule has 26 rings (SSSR count). The van der Waals surface area contributed by atoms with Gasteiger partial charge in [0, 0.05) is 122 Å². The highest BCUT2D eigenvalue weighted by atomic mass is 32.1. The van der Waals surface area contributed by atoms with Crippen LogP contribution < -0.4 is 22.8 Å². The van der Waals surface area contributed by atoms with Crippen LogP contribution >= 0.6 is 34.0 Å². The molecule has 0 unspecified atom stereocenters. The Morgan fingerprint density at radius 1 is 0.379 bits per heavy atom. The Bertz CT molecular complexity index is 7100. The number of thiophene rings is 1. The van der Waals surface area contributed by atoms with Crippen LogP contribution in [-0.4, -0.2) is 58.6 Å². The highest BCUT2D eigenvalue weighted by Crippen LogP contribution is 2.44. The molecule has 5 aliphatic rings. The van der Waals surface area contributed by atoms with Crippen molar-refractivity contribution in [3.05, 3.63) is 248 Å². The van der Waals surface area contributed by atoms with E-state index in [0.717, 1.165) is 120 Å². The Balaban J connectivity index is 0.0000000830. The number of oxazole rings is 3. The number of thiazole rings is 2. The molecule has 0 saturated heterocycles. The topological polar surface area (TPSA) is 203 Å². The number of furan rings is 1. The summed E-state index contributed by atoms with van der Waals surface area (Å²) in [5.74, 6) is 2.47. The molecule has 0 saturated carbocycles. The highest BCUT2D eigenvalue weighted by Gasteiger charge is 2.42. The van der Waals surface area contributed by atoms with E-state index >= 15 is 0 Å². The van der Waals surface area contributed by atoms with Gasteiger partial charge in [-0.15, -0.1) is 13.7 Å². The van der Waals surface area contributed by atoms with Crippen molar-refractivity contribution in [2.24, 2.45) is 14.0 Å². The maximum absolute atomic E-state index is 7.84. The first-order valence-electron chi connectivity index (χ1n) is 34.8. The molecule has 24 heteroatoms. The van der Waals surface area contributed by atoms with Gasteiger partial charge in [0.2, 0.25) is 0 Å². The van der Waals surface area contributed by atoms with Crippen LogP contribution in [0.15, 0.2) is 238 Å². The molecule has 490 valence electrons. The van der Waals surface area contributed by atoms with Crippen LogP contribution in [0.2, 0.25) is 0 Å². The van der Waals surface area contributed by atoms with Crippen molar-refractivity contribution < 1.29 is 44.6 Å². The van der Waals surface area contributed by atoms with Crippen molar-refractivity contribution in [1.29, 1.82) is 0 Å². The van der Waals surface area contributed by atoms with Gasteiger partial charge >= 0.3 is 17.7 Å². The van der Waals surface area contributed by atoms with E-state index in [1.165, 1.54) is 79.6 Å². The summed E-state index contributed by atoms with van der Waals surface area (Å²) in [4.78, 5) is 42.1. The Hall–Kier alpha value is -12.9. The number of fused-ring (bicyclic) bond motifs is 35. The van der Waals surface area contributed by atoms with E-state index in [2.05, 4.69) is 151 Å². The van der Waals surface area contributed by atoms with Crippen molar-refractivity contribution in [3.63, 3.8) is 0 Å². The van der Waals surface area contributed by atoms with Crippen molar-refractivity contribution in [3.8, 4) is 61.2 Å². The zero-order chi connectivity index (χ0) is 70.2. The molecule has 0 amide bonds. The number of benzene rings is 2. The predicted molar refractivity (Wildman–Crippen MR) is 391 cm³/mol. The van der Waals surface area contributed by atoms with Crippen molar-refractivity contribution >= 4 is 142 Å². The molecular formula is C79H52N17O4S3+5. The first-order valence-corrected chi connectivity index (χ1v) is 35.8. The standard InChI is InChI=1S/C21H14N3S.2C15H11N4O.2C14H8N3OS/c1-2-6-15(7-3-1)24-18-9-5-4-8-17(18)19-21(24)25-20-16-10-11-22-12-14(16)13-23(19)20;2*1-18-11-3-2-5-17-12(11)13-15(18)20-14-10-4-6-16-7-9(10)8-19(13)14;1-2-10-11(16-4-1)12-14(19-10)18-13-9-3-5-15-6-8(9)7-17(12)13;1-2-10-11(16-4-1)12-14(18-10)19-13-9-3-5-15-6-8(9)7-17(12)13/h1-12H,13H2;2*2-7H,8H2,1H3;2*1-6H,7H2/q5*+1/i;1D3;;;. The fraction of sp³-hybridized carbons (Fsp3) is 0.0886. The maximum atomic E-state index is 7.84. The minimum absolute atomic E-state index is 0.330. The van der Waals surface area contributed by atoms with Gasteiger partial charge in [0.05, 0.1) is 71.1 Å². The highest BCUT2D eigenvalue weighted by molar-refractivity contribution is 7.25. The van der Waals surface area contributed by atoms with Crippen LogP contribution in [0.3, 0.4) is 0 Å². The molecule has 0 bridgehead atoms. The monoisotopic (exact) mass is 1400 g/mol. The lowest BCUT2D eigenvalue weighted by Gasteiger charge is -2.04. The van der Waals surface area contributed by atoms with Crippen molar-refractivity contribution in [2.45, 2.75) is 32.7 Å². The van der Waals surface area contributed by atoms with Crippen LogP contribution in [0.25, 0.3) is 169 Å². The number of hydrogen-bond acceptors (Lipinski definition) is 16. The summed E-state index contributed by atoms with van der Waals surface area (Å²) in [7, 11) is 2.01. The number of rotatable bonds is 1. The number of aromatic nitrogens is 17. The van der Waals surface area contributed by atoms with Crippen LogP contribution in [0.1, 0.15) is 31.9 Å². The van der Waals surface area contributed by atoms with Gasteiger partial charge < -0.3 is 26.8 Å². The first kappa shape index (κ1) is 54.9. The van der Waals surface area contributed by atoms with E-state index < -0.39 is 6.98 Å². The molecular weight excluding hydrogens is 1350 g/mol. The number of para-hydroxylation sites is 2. The SMILES string of the molecule is Cn1c2cccnc2c2c1oc1[n+]2Cc2cnccc2-1.[2H]C([2H])([2H])n1c2cccnc2c2c1oc1[n+]2Cc2cnccc2-1.c1ccc(-n2c3ccccc3c3c2sc2[n+]3Cc3cnccc3-2)cc1.c1cnc2c(c1)oc1sc3[n+](c12)Cc1cnccc1-3.c1cnc2c(c1)sc1oc3[n+](c12)Cc1cnccc1-3. The largest absolute Gasteiger partial charge is 0.437 e. The smallest absolute Gasteiger partial charge is 0.383 e. The Kier molecular flexibility index (Phi) is 11.9. The van der Waals surface area contributed by atoms with Gasteiger partial charge in [0.15, 0.2) is 65.2 Å².